The van der Waals surface area contributed by atoms with E-state index in [1.54, 1.807) is 6.21 Å². The Morgan fingerprint density at radius 1 is 1.26 bits per heavy atom. The Hall–Kier alpha value is -1.90. The van der Waals surface area contributed by atoms with Gasteiger partial charge >= 0.3 is 0 Å². The first-order valence-corrected chi connectivity index (χ1v) is 6.77. The summed E-state index contributed by atoms with van der Waals surface area (Å²) in [7, 11) is 0. The topological polar surface area (TPSA) is 41.5 Å². The molecule has 0 aliphatic heterocycles. The molecule has 0 radical (unpaired) electrons. The minimum atomic E-state index is -0.149. The van der Waals surface area contributed by atoms with Crippen LogP contribution in [0, 0.1) is 0 Å². The van der Waals surface area contributed by atoms with Crippen LogP contribution < -0.4 is 5.43 Å². The molecule has 0 fully saturated rings. The molecule has 0 atom stereocenters. The number of rotatable bonds is 7. The third-order valence-electron chi connectivity index (χ3n) is 2.67. The molecular weight excluding hydrogens is 236 g/mol. The van der Waals surface area contributed by atoms with Crippen LogP contribution in [-0.2, 0) is 4.79 Å². The molecule has 102 valence electrons. The molecule has 0 bridgehead atoms. The fraction of sp³-hybridized carbons (Fsp3) is 0.375. The minimum absolute atomic E-state index is 0.149. The number of amides is 1. The Morgan fingerprint density at radius 3 is 2.63 bits per heavy atom. The van der Waals surface area contributed by atoms with Gasteiger partial charge in [-0.2, -0.15) is 5.10 Å². The number of hydrazone groups is 1. The summed E-state index contributed by atoms with van der Waals surface area (Å²) in [5.41, 5.74) is 4.73. The zero-order valence-corrected chi connectivity index (χ0v) is 11.7. The summed E-state index contributed by atoms with van der Waals surface area (Å²) in [6, 6.07) is 10.2. The number of carbonyl (C=O) groups excluding carboxylic acids is 1. The van der Waals surface area contributed by atoms with Crippen LogP contribution in [0.5, 0.6) is 0 Å². The van der Waals surface area contributed by atoms with Crippen molar-refractivity contribution in [3.63, 3.8) is 0 Å². The molecular formula is C16H22N2O. The molecule has 1 aromatic carbocycles. The molecule has 3 nitrogen and oxygen atoms in total. The van der Waals surface area contributed by atoms with E-state index in [0.717, 1.165) is 24.0 Å². The number of nitrogens with zero attached hydrogens (tertiary/aromatic N) is 1. The van der Waals surface area contributed by atoms with Crippen molar-refractivity contribution < 1.29 is 4.79 Å². The van der Waals surface area contributed by atoms with Gasteiger partial charge in [-0.05, 0) is 24.0 Å². The highest BCUT2D eigenvalue weighted by Gasteiger charge is 1.96. The van der Waals surface area contributed by atoms with Gasteiger partial charge in [0, 0.05) is 6.92 Å². The van der Waals surface area contributed by atoms with Crippen LogP contribution in [0.4, 0.5) is 0 Å². The second-order valence-electron chi connectivity index (χ2n) is 4.51. The molecule has 1 N–H and O–H groups in total. The highest BCUT2D eigenvalue weighted by molar-refractivity contribution is 5.86. The maximum absolute atomic E-state index is 10.8. The van der Waals surface area contributed by atoms with E-state index in [0.29, 0.717) is 0 Å². The average Bonchev–Trinajstić information content (AvgIpc) is 2.39. The predicted octanol–water partition coefficient (Wildman–Crippen LogP) is 3.77. The molecule has 0 aliphatic rings. The van der Waals surface area contributed by atoms with Gasteiger partial charge < -0.3 is 0 Å². The van der Waals surface area contributed by atoms with Gasteiger partial charge in [0.1, 0.15) is 0 Å². The van der Waals surface area contributed by atoms with E-state index in [1.807, 2.05) is 18.2 Å². The van der Waals surface area contributed by atoms with Gasteiger partial charge in [-0.15, -0.1) is 0 Å². The van der Waals surface area contributed by atoms with E-state index in [9.17, 15) is 4.79 Å². The van der Waals surface area contributed by atoms with Crippen LogP contribution in [0.1, 0.15) is 45.1 Å². The third-order valence-corrected chi connectivity index (χ3v) is 2.67. The monoisotopic (exact) mass is 258 g/mol. The van der Waals surface area contributed by atoms with Gasteiger partial charge in [-0.3, -0.25) is 4.79 Å². The Balaban J connectivity index is 2.70. The Kier molecular flexibility index (Phi) is 7.25. The van der Waals surface area contributed by atoms with E-state index in [1.165, 1.54) is 19.8 Å². The third kappa shape index (κ3) is 7.19. The maximum Gasteiger partial charge on any atom is 0.236 e. The highest BCUT2D eigenvalue weighted by atomic mass is 16.2. The maximum atomic E-state index is 10.8. The lowest BCUT2D eigenvalue weighted by Gasteiger charge is -2.02. The first-order chi connectivity index (χ1) is 9.22. The van der Waals surface area contributed by atoms with E-state index >= 15 is 0 Å². The quantitative estimate of drug-likeness (QED) is 0.451. The van der Waals surface area contributed by atoms with E-state index in [-0.39, 0.29) is 5.91 Å². The highest BCUT2D eigenvalue weighted by Crippen LogP contribution is 2.12. The number of allylic oxidation sites excluding steroid dienone is 1. The van der Waals surface area contributed by atoms with Gasteiger partial charge in [0.15, 0.2) is 0 Å². The Morgan fingerprint density at radius 2 is 2.00 bits per heavy atom. The fourth-order valence-electron chi connectivity index (χ4n) is 1.72. The van der Waals surface area contributed by atoms with Gasteiger partial charge in [0.2, 0.25) is 5.91 Å². The fourth-order valence-corrected chi connectivity index (χ4v) is 1.72. The van der Waals surface area contributed by atoms with E-state index in [2.05, 4.69) is 35.7 Å². The molecule has 0 unspecified atom stereocenters. The molecule has 0 saturated heterocycles. The van der Waals surface area contributed by atoms with Crippen LogP contribution in [0.2, 0.25) is 0 Å². The first-order valence-electron chi connectivity index (χ1n) is 6.77. The standard InChI is InChI=1S/C16H22N2O/c1-3-4-6-11-16(13-17-18-14(2)19)12-15-9-7-5-8-10-15/h5,7-10,12-13H,3-4,6,11H2,1-2H3,(H,18,19)/b16-12+,17-13-. The largest absolute Gasteiger partial charge is 0.274 e. The number of benzene rings is 1. The summed E-state index contributed by atoms with van der Waals surface area (Å²) in [5.74, 6) is -0.149. The molecule has 0 aliphatic carbocycles. The zero-order valence-electron chi connectivity index (χ0n) is 11.7. The lowest BCUT2D eigenvalue weighted by molar-refractivity contribution is -0.118. The van der Waals surface area contributed by atoms with Crippen LogP contribution in [0.3, 0.4) is 0 Å². The van der Waals surface area contributed by atoms with Crippen molar-refractivity contribution in [2.45, 2.75) is 39.5 Å². The Bertz CT molecular complexity index is 435. The van der Waals surface area contributed by atoms with Crippen LogP contribution in [-0.4, -0.2) is 12.1 Å². The molecule has 3 heteroatoms. The number of hydrogen-bond acceptors (Lipinski definition) is 2. The number of unbranched alkanes of at least 4 members (excludes halogenated alkanes) is 2. The lowest BCUT2D eigenvalue weighted by Crippen LogP contribution is -2.12. The molecule has 19 heavy (non-hydrogen) atoms. The lowest BCUT2D eigenvalue weighted by atomic mass is 10.1. The summed E-state index contributed by atoms with van der Waals surface area (Å²) in [5, 5.41) is 3.95. The van der Waals surface area contributed by atoms with Gasteiger partial charge in [0.05, 0.1) is 6.21 Å². The van der Waals surface area contributed by atoms with Crippen LogP contribution >= 0.6 is 0 Å². The van der Waals surface area contributed by atoms with Crippen molar-refractivity contribution in [1.29, 1.82) is 0 Å². The number of nitrogens with one attached hydrogen (secondary N) is 1. The smallest absolute Gasteiger partial charge is 0.236 e. The second kappa shape index (κ2) is 9.09. The van der Waals surface area contributed by atoms with Crippen molar-refractivity contribution in [2.24, 2.45) is 5.10 Å². The summed E-state index contributed by atoms with van der Waals surface area (Å²) in [6.07, 6.45) is 8.37. The van der Waals surface area contributed by atoms with Crippen LogP contribution in [0.25, 0.3) is 6.08 Å². The van der Waals surface area contributed by atoms with Crippen molar-refractivity contribution in [3.05, 3.63) is 41.5 Å². The van der Waals surface area contributed by atoms with Gasteiger partial charge in [-0.1, -0.05) is 56.2 Å². The molecule has 0 spiro atoms. The first kappa shape index (κ1) is 15.2. The van der Waals surface area contributed by atoms with Gasteiger partial charge in [0.25, 0.3) is 0 Å². The summed E-state index contributed by atoms with van der Waals surface area (Å²) in [6.45, 7) is 3.64. The molecule has 1 amide bonds. The number of carbonyl (C=O) groups is 1. The normalized spacial score (nSPS) is 11.8. The Labute approximate surface area is 115 Å². The van der Waals surface area contributed by atoms with Gasteiger partial charge in [-0.25, -0.2) is 5.43 Å². The van der Waals surface area contributed by atoms with E-state index in [4.69, 9.17) is 0 Å². The summed E-state index contributed by atoms with van der Waals surface area (Å²) in [4.78, 5) is 10.8. The minimum Gasteiger partial charge on any atom is -0.274 e. The van der Waals surface area contributed by atoms with Crippen molar-refractivity contribution in [1.82, 2.24) is 5.43 Å². The molecule has 1 rings (SSSR count). The second-order valence-corrected chi connectivity index (χ2v) is 4.51. The SMILES string of the molecule is CCCCCC(/C=N\NC(C)=O)=C\c1ccccc1. The molecule has 0 aromatic heterocycles. The molecule has 0 heterocycles. The molecule has 1 aromatic rings. The molecule has 0 saturated carbocycles. The van der Waals surface area contributed by atoms with Crippen molar-refractivity contribution in [3.8, 4) is 0 Å². The van der Waals surface area contributed by atoms with Crippen molar-refractivity contribution >= 4 is 18.2 Å². The zero-order chi connectivity index (χ0) is 13.9. The predicted molar refractivity (Wildman–Crippen MR) is 80.9 cm³/mol. The average molecular weight is 258 g/mol. The number of hydrogen-bond donors (Lipinski definition) is 1. The summed E-state index contributed by atoms with van der Waals surface area (Å²) >= 11 is 0. The van der Waals surface area contributed by atoms with Crippen molar-refractivity contribution in [2.75, 3.05) is 0 Å². The van der Waals surface area contributed by atoms with E-state index < -0.39 is 0 Å². The summed E-state index contributed by atoms with van der Waals surface area (Å²) < 4.78 is 0. The van der Waals surface area contributed by atoms with Crippen LogP contribution in [0.15, 0.2) is 41.0 Å².